The molecule has 4 aromatic rings. The Balaban J connectivity index is 1.58. The number of fused-ring (bicyclic) bond motifs is 1. The number of methoxy groups -OCH3 is 1. The van der Waals surface area contributed by atoms with Gasteiger partial charge in [-0.1, -0.05) is 54.6 Å². The first-order chi connectivity index (χ1) is 12.8. The highest BCUT2D eigenvalue weighted by Gasteiger charge is 2.15. The summed E-state index contributed by atoms with van der Waals surface area (Å²) in [5.74, 6) is 0.904. The molecule has 26 heavy (non-hydrogen) atoms. The first-order valence-corrected chi connectivity index (χ1v) is 8.97. The zero-order chi connectivity index (χ0) is 17.8. The summed E-state index contributed by atoms with van der Waals surface area (Å²) in [6, 6.07) is 27.6. The minimum atomic E-state index is 0.886. The summed E-state index contributed by atoms with van der Waals surface area (Å²) in [7, 11) is 1.70. The highest BCUT2D eigenvalue weighted by molar-refractivity contribution is 5.71. The van der Waals surface area contributed by atoms with Crippen molar-refractivity contribution in [2.45, 2.75) is 19.5 Å². The predicted octanol–water partition coefficient (Wildman–Crippen LogP) is 4.23. The Morgan fingerprint density at radius 2 is 1.54 bits per heavy atom. The molecule has 3 aromatic carbocycles. The van der Waals surface area contributed by atoms with Gasteiger partial charge in [0.2, 0.25) is 6.33 Å². The van der Waals surface area contributed by atoms with Crippen molar-refractivity contribution in [3.05, 3.63) is 96.3 Å². The first kappa shape index (κ1) is 16.4. The number of para-hydroxylation sites is 2. The topological polar surface area (TPSA) is 18.0 Å². The third-order valence-electron chi connectivity index (χ3n) is 4.78. The number of aryl methyl sites for hydroxylation is 2. The Morgan fingerprint density at radius 3 is 2.31 bits per heavy atom. The molecule has 130 valence electrons. The van der Waals surface area contributed by atoms with Gasteiger partial charge in [-0.3, -0.25) is 0 Å². The lowest BCUT2D eigenvalue weighted by atomic mass is 10.1. The Kier molecular flexibility index (Phi) is 4.69. The van der Waals surface area contributed by atoms with Gasteiger partial charge in [0.05, 0.1) is 13.7 Å². The third kappa shape index (κ3) is 3.47. The molecule has 0 aliphatic carbocycles. The van der Waals surface area contributed by atoms with E-state index in [-0.39, 0.29) is 0 Å². The van der Waals surface area contributed by atoms with Crippen molar-refractivity contribution in [3.63, 3.8) is 0 Å². The standard InChI is InChI=1S/C23H23N2O/c1-26-21-13-11-19(12-14-21)15-16-24-18-25(17-20-7-3-2-4-8-20)23-10-6-5-9-22(23)24/h2-14,18H,15-17H2,1H3/q+1. The first-order valence-electron chi connectivity index (χ1n) is 8.97. The maximum Gasteiger partial charge on any atom is 0.245 e. The van der Waals surface area contributed by atoms with Crippen LogP contribution in [0, 0.1) is 0 Å². The van der Waals surface area contributed by atoms with E-state index in [1.54, 1.807) is 7.11 Å². The van der Waals surface area contributed by atoms with Crippen LogP contribution in [0.25, 0.3) is 11.0 Å². The van der Waals surface area contributed by atoms with Crippen molar-refractivity contribution in [2.75, 3.05) is 7.11 Å². The number of aromatic nitrogens is 2. The number of hydrogen-bond donors (Lipinski definition) is 0. The van der Waals surface area contributed by atoms with Crippen molar-refractivity contribution >= 4 is 11.0 Å². The van der Waals surface area contributed by atoms with Gasteiger partial charge < -0.3 is 4.74 Å². The van der Waals surface area contributed by atoms with E-state index in [2.05, 4.69) is 82.2 Å². The number of imidazole rings is 1. The van der Waals surface area contributed by atoms with E-state index in [0.29, 0.717) is 0 Å². The second-order valence-corrected chi connectivity index (χ2v) is 6.51. The highest BCUT2D eigenvalue weighted by atomic mass is 16.5. The molecule has 4 rings (SSSR count). The Hall–Kier alpha value is -3.07. The normalized spacial score (nSPS) is 11.0. The lowest BCUT2D eigenvalue weighted by molar-refractivity contribution is -0.663. The van der Waals surface area contributed by atoms with E-state index in [0.717, 1.165) is 25.3 Å². The van der Waals surface area contributed by atoms with Gasteiger partial charge >= 0.3 is 0 Å². The molecular weight excluding hydrogens is 320 g/mol. The van der Waals surface area contributed by atoms with Crippen LogP contribution in [-0.2, 0) is 19.5 Å². The minimum absolute atomic E-state index is 0.886. The molecule has 0 atom stereocenters. The van der Waals surface area contributed by atoms with Crippen molar-refractivity contribution in [1.82, 2.24) is 4.57 Å². The van der Waals surface area contributed by atoms with Crippen molar-refractivity contribution < 1.29 is 9.30 Å². The van der Waals surface area contributed by atoms with Gasteiger partial charge in [0, 0.05) is 6.42 Å². The maximum absolute atomic E-state index is 5.24. The SMILES string of the molecule is COc1ccc(CCn2c[n+](Cc3ccccc3)c3ccccc32)cc1. The second kappa shape index (κ2) is 7.44. The van der Waals surface area contributed by atoms with Crippen molar-refractivity contribution in [2.24, 2.45) is 0 Å². The van der Waals surface area contributed by atoms with Gasteiger partial charge in [0.15, 0.2) is 11.0 Å². The van der Waals surface area contributed by atoms with Crippen LogP contribution < -0.4 is 9.30 Å². The minimum Gasteiger partial charge on any atom is -0.497 e. The van der Waals surface area contributed by atoms with E-state index >= 15 is 0 Å². The molecule has 0 saturated heterocycles. The van der Waals surface area contributed by atoms with Crippen LogP contribution in [-0.4, -0.2) is 11.7 Å². The van der Waals surface area contributed by atoms with Crippen LogP contribution in [0.1, 0.15) is 11.1 Å². The summed E-state index contributed by atoms with van der Waals surface area (Å²) in [6.45, 7) is 1.84. The number of hydrogen-bond acceptors (Lipinski definition) is 1. The number of nitrogens with zero attached hydrogens (tertiary/aromatic N) is 2. The van der Waals surface area contributed by atoms with E-state index < -0.39 is 0 Å². The predicted molar refractivity (Wildman–Crippen MR) is 104 cm³/mol. The van der Waals surface area contributed by atoms with E-state index in [9.17, 15) is 0 Å². The number of ether oxygens (including phenoxy) is 1. The van der Waals surface area contributed by atoms with Crippen molar-refractivity contribution in [3.8, 4) is 5.75 Å². The van der Waals surface area contributed by atoms with Gasteiger partial charge in [0.1, 0.15) is 12.3 Å². The number of benzene rings is 3. The molecule has 0 aliphatic rings. The average Bonchev–Trinajstić information content (AvgIpc) is 3.05. The summed E-state index contributed by atoms with van der Waals surface area (Å²) in [6.07, 6.45) is 3.23. The fourth-order valence-electron chi connectivity index (χ4n) is 3.37. The molecular formula is C23H23N2O+. The van der Waals surface area contributed by atoms with E-state index in [1.807, 2.05) is 12.1 Å². The molecule has 0 amide bonds. The molecule has 0 N–H and O–H groups in total. The van der Waals surface area contributed by atoms with Crippen molar-refractivity contribution in [1.29, 1.82) is 0 Å². The van der Waals surface area contributed by atoms with Gasteiger partial charge in [0.25, 0.3) is 0 Å². The molecule has 0 bridgehead atoms. The molecule has 0 spiro atoms. The molecule has 3 nitrogen and oxygen atoms in total. The third-order valence-corrected chi connectivity index (χ3v) is 4.78. The number of rotatable bonds is 6. The smallest absolute Gasteiger partial charge is 0.245 e. The molecule has 0 fully saturated rings. The zero-order valence-electron chi connectivity index (χ0n) is 15.0. The molecule has 1 heterocycles. The van der Waals surface area contributed by atoms with E-state index in [4.69, 9.17) is 4.74 Å². The lowest BCUT2D eigenvalue weighted by Crippen LogP contribution is -2.32. The summed E-state index contributed by atoms with van der Waals surface area (Å²) >= 11 is 0. The van der Waals surface area contributed by atoms with Gasteiger partial charge in [-0.25, -0.2) is 9.13 Å². The van der Waals surface area contributed by atoms with Crippen LogP contribution in [0.5, 0.6) is 5.75 Å². The summed E-state index contributed by atoms with van der Waals surface area (Å²) < 4.78 is 9.92. The van der Waals surface area contributed by atoms with Crippen LogP contribution in [0.3, 0.4) is 0 Å². The molecule has 0 aliphatic heterocycles. The summed E-state index contributed by atoms with van der Waals surface area (Å²) in [5, 5.41) is 0. The van der Waals surface area contributed by atoms with Gasteiger partial charge in [-0.05, 0) is 35.4 Å². The second-order valence-electron chi connectivity index (χ2n) is 6.51. The van der Waals surface area contributed by atoms with Gasteiger partial charge in [-0.15, -0.1) is 0 Å². The molecule has 0 radical (unpaired) electrons. The Morgan fingerprint density at radius 1 is 0.808 bits per heavy atom. The molecule has 0 saturated carbocycles. The summed E-state index contributed by atoms with van der Waals surface area (Å²) in [4.78, 5) is 0. The highest BCUT2D eigenvalue weighted by Crippen LogP contribution is 2.15. The summed E-state index contributed by atoms with van der Waals surface area (Å²) in [5.41, 5.74) is 5.18. The molecule has 3 heteroatoms. The van der Waals surface area contributed by atoms with Gasteiger partial charge in [-0.2, -0.15) is 0 Å². The molecule has 1 aromatic heterocycles. The fraction of sp³-hybridized carbons (Fsp3) is 0.174. The van der Waals surface area contributed by atoms with Crippen LogP contribution >= 0.6 is 0 Å². The largest absolute Gasteiger partial charge is 0.497 e. The zero-order valence-corrected chi connectivity index (χ0v) is 15.0. The van der Waals surface area contributed by atoms with Crippen LogP contribution in [0.4, 0.5) is 0 Å². The van der Waals surface area contributed by atoms with Crippen LogP contribution in [0.2, 0.25) is 0 Å². The lowest BCUT2D eigenvalue weighted by Gasteiger charge is -2.02. The quantitative estimate of drug-likeness (QED) is 0.479. The fourth-order valence-corrected chi connectivity index (χ4v) is 3.37. The average molecular weight is 343 g/mol. The monoisotopic (exact) mass is 343 g/mol. The maximum atomic E-state index is 5.24. The van der Waals surface area contributed by atoms with Crippen LogP contribution in [0.15, 0.2) is 85.2 Å². The molecule has 0 unspecified atom stereocenters. The Bertz CT molecular complexity index is 988. The Labute approximate surface area is 154 Å². The van der Waals surface area contributed by atoms with E-state index in [1.165, 1.54) is 22.2 Å².